The first-order valence-corrected chi connectivity index (χ1v) is 8.51. The molecule has 2 nitrogen and oxygen atoms in total. The Bertz CT molecular complexity index is 725. The molecule has 6 heteroatoms. The molecule has 0 radical (unpaired) electrons. The molecule has 0 N–H and O–H groups in total. The third kappa shape index (κ3) is 2.83. The van der Waals surface area contributed by atoms with Crippen LogP contribution < -0.4 is 0 Å². The highest BCUT2D eigenvalue weighted by Gasteiger charge is 2.33. The Morgan fingerprint density at radius 2 is 1.95 bits per heavy atom. The molecule has 1 heterocycles. The van der Waals surface area contributed by atoms with E-state index in [1.165, 1.54) is 12.1 Å². The lowest BCUT2D eigenvalue weighted by atomic mass is 10.1. The van der Waals surface area contributed by atoms with E-state index in [0.29, 0.717) is 16.6 Å². The molecular weight excluding hydrogens is 344 g/mol. The van der Waals surface area contributed by atoms with Gasteiger partial charge in [-0.05, 0) is 18.2 Å². The van der Waals surface area contributed by atoms with Crippen LogP contribution in [0.4, 0.5) is 4.39 Å². The van der Waals surface area contributed by atoms with Crippen molar-refractivity contribution in [2.75, 3.05) is 12.3 Å². The van der Waals surface area contributed by atoms with Gasteiger partial charge in [0.1, 0.15) is 11.2 Å². The first-order chi connectivity index (χ1) is 10.6. The van der Waals surface area contributed by atoms with Crippen LogP contribution in [0.15, 0.2) is 42.5 Å². The molecule has 0 aliphatic carbocycles. The number of halogens is 3. The Morgan fingerprint density at radius 3 is 2.73 bits per heavy atom. The van der Waals surface area contributed by atoms with E-state index in [2.05, 4.69) is 0 Å². The molecule has 3 rings (SSSR count). The first-order valence-electron chi connectivity index (χ1n) is 6.70. The van der Waals surface area contributed by atoms with Crippen molar-refractivity contribution in [1.82, 2.24) is 4.90 Å². The van der Waals surface area contributed by atoms with Gasteiger partial charge in [-0.25, -0.2) is 4.39 Å². The average molecular weight is 356 g/mol. The third-order valence-corrected chi connectivity index (χ3v) is 5.58. The summed E-state index contributed by atoms with van der Waals surface area (Å²) in [5.41, 5.74) is 0.856. The molecule has 1 aliphatic rings. The molecule has 0 bridgehead atoms. The topological polar surface area (TPSA) is 20.3 Å². The molecule has 2 aromatic rings. The summed E-state index contributed by atoms with van der Waals surface area (Å²) >= 11 is 13.9. The summed E-state index contributed by atoms with van der Waals surface area (Å²) in [7, 11) is 0. The number of amides is 1. The summed E-state index contributed by atoms with van der Waals surface area (Å²) in [6.07, 6.45) is 0. The molecule has 114 valence electrons. The Morgan fingerprint density at radius 1 is 1.18 bits per heavy atom. The highest BCUT2D eigenvalue weighted by atomic mass is 35.5. The maximum Gasteiger partial charge on any atom is 0.258 e. The molecule has 0 spiro atoms. The van der Waals surface area contributed by atoms with Gasteiger partial charge in [-0.2, -0.15) is 0 Å². The van der Waals surface area contributed by atoms with E-state index in [-0.39, 0.29) is 16.8 Å². The Hall–Kier alpha value is -1.23. The van der Waals surface area contributed by atoms with Crippen LogP contribution in [0.25, 0.3) is 0 Å². The van der Waals surface area contributed by atoms with Gasteiger partial charge >= 0.3 is 0 Å². The van der Waals surface area contributed by atoms with E-state index in [1.54, 1.807) is 40.9 Å². The number of thioether (sulfide) groups is 1. The van der Waals surface area contributed by atoms with E-state index >= 15 is 0 Å². The van der Waals surface area contributed by atoms with Crippen LogP contribution in [-0.4, -0.2) is 23.1 Å². The minimum absolute atomic E-state index is 0.0770. The van der Waals surface area contributed by atoms with Crippen molar-refractivity contribution in [2.24, 2.45) is 0 Å². The SMILES string of the molecule is O=C(c1ccccc1F)N1CCS[C@H]1c1cccc(Cl)c1Cl. The molecule has 0 aromatic heterocycles. The van der Waals surface area contributed by atoms with Gasteiger partial charge < -0.3 is 4.90 Å². The largest absolute Gasteiger partial charge is 0.322 e. The molecule has 2 aromatic carbocycles. The van der Waals surface area contributed by atoms with Gasteiger partial charge in [0, 0.05) is 17.9 Å². The minimum atomic E-state index is -0.514. The van der Waals surface area contributed by atoms with Crippen LogP contribution in [0.1, 0.15) is 21.3 Å². The van der Waals surface area contributed by atoms with Crippen molar-refractivity contribution in [3.8, 4) is 0 Å². The second-order valence-corrected chi connectivity index (χ2v) is 6.82. The van der Waals surface area contributed by atoms with Crippen molar-refractivity contribution in [1.29, 1.82) is 0 Å². The van der Waals surface area contributed by atoms with Crippen LogP contribution in [0.3, 0.4) is 0 Å². The molecule has 0 saturated carbocycles. The quantitative estimate of drug-likeness (QED) is 0.753. The van der Waals surface area contributed by atoms with Crippen LogP contribution in [0, 0.1) is 5.82 Å². The highest BCUT2D eigenvalue weighted by molar-refractivity contribution is 7.99. The van der Waals surface area contributed by atoms with Crippen molar-refractivity contribution in [2.45, 2.75) is 5.37 Å². The summed E-state index contributed by atoms with van der Waals surface area (Å²) in [5.74, 6) is -0.0715. The number of nitrogens with zero attached hydrogens (tertiary/aromatic N) is 1. The zero-order valence-corrected chi connectivity index (χ0v) is 13.8. The van der Waals surface area contributed by atoms with Gasteiger partial charge in [0.15, 0.2) is 0 Å². The van der Waals surface area contributed by atoms with E-state index in [9.17, 15) is 9.18 Å². The lowest BCUT2D eigenvalue weighted by molar-refractivity contribution is 0.0755. The summed E-state index contributed by atoms with van der Waals surface area (Å²) < 4.78 is 13.9. The number of rotatable bonds is 2. The van der Waals surface area contributed by atoms with Gasteiger partial charge in [0.05, 0.1) is 15.6 Å². The van der Waals surface area contributed by atoms with Gasteiger partial charge in [-0.3, -0.25) is 4.79 Å². The third-order valence-electron chi connectivity index (χ3n) is 3.50. The number of hydrogen-bond donors (Lipinski definition) is 0. The molecule has 1 saturated heterocycles. The van der Waals surface area contributed by atoms with Gasteiger partial charge in [0.25, 0.3) is 5.91 Å². The smallest absolute Gasteiger partial charge is 0.258 e. The summed E-state index contributed by atoms with van der Waals surface area (Å²) in [6, 6.07) is 11.4. The zero-order chi connectivity index (χ0) is 15.7. The van der Waals surface area contributed by atoms with E-state index in [0.717, 1.165) is 11.3 Å². The molecule has 1 atom stereocenters. The summed E-state index contributed by atoms with van der Waals surface area (Å²) in [4.78, 5) is 14.3. The normalized spacial score (nSPS) is 17.8. The van der Waals surface area contributed by atoms with Crippen molar-refractivity contribution >= 4 is 40.9 Å². The Kier molecular flexibility index (Phi) is 4.62. The number of hydrogen-bond acceptors (Lipinski definition) is 2. The standard InChI is InChI=1S/C16H12Cl2FNOS/c17-12-6-3-5-11(14(12)18)16-20(8-9-22-16)15(21)10-4-1-2-7-13(10)19/h1-7,16H,8-9H2/t16-/m0/s1. The zero-order valence-electron chi connectivity index (χ0n) is 11.4. The van der Waals surface area contributed by atoms with Crippen LogP contribution in [0.2, 0.25) is 10.0 Å². The van der Waals surface area contributed by atoms with E-state index in [4.69, 9.17) is 23.2 Å². The molecule has 1 amide bonds. The van der Waals surface area contributed by atoms with Crippen LogP contribution in [-0.2, 0) is 0 Å². The lowest BCUT2D eigenvalue weighted by Crippen LogP contribution is -2.31. The van der Waals surface area contributed by atoms with Crippen LogP contribution in [0.5, 0.6) is 0 Å². The number of carbonyl (C=O) groups excluding carboxylic acids is 1. The second-order valence-electron chi connectivity index (χ2n) is 4.84. The number of carbonyl (C=O) groups is 1. The Labute approximate surface area is 142 Å². The second kappa shape index (κ2) is 6.49. The molecule has 1 aliphatic heterocycles. The maximum atomic E-state index is 13.9. The number of benzene rings is 2. The molecular formula is C16H12Cl2FNOS. The highest BCUT2D eigenvalue weighted by Crippen LogP contribution is 2.43. The average Bonchev–Trinajstić information content (AvgIpc) is 2.99. The van der Waals surface area contributed by atoms with Gasteiger partial charge in [0.2, 0.25) is 0 Å². The Balaban J connectivity index is 1.95. The van der Waals surface area contributed by atoms with Crippen LogP contribution >= 0.6 is 35.0 Å². The predicted octanol–water partition coefficient (Wildman–Crippen LogP) is 5.02. The maximum absolute atomic E-state index is 13.9. The van der Waals surface area contributed by atoms with E-state index < -0.39 is 5.82 Å². The predicted molar refractivity (Wildman–Crippen MR) is 89.1 cm³/mol. The van der Waals surface area contributed by atoms with Crippen molar-refractivity contribution in [3.63, 3.8) is 0 Å². The molecule has 22 heavy (non-hydrogen) atoms. The lowest BCUT2D eigenvalue weighted by Gasteiger charge is -2.25. The fourth-order valence-electron chi connectivity index (χ4n) is 2.44. The summed E-state index contributed by atoms with van der Waals surface area (Å²) in [6.45, 7) is 0.547. The first kappa shape index (κ1) is 15.7. The molecule has 1 fully saturated rings. The molecule has 0 unspecified atom stereocenters. The monoisotopic (exact) mass is 355 g/mol. The van der Waals surface area contributed by atoms with E-state index in [1.807, 2.05) is 6.07 Å². The van der Waals surface area contributed by atoms with Gasteiger partial charge in [-0.15, -0.1) is 11.8 Å². The fraction of sp³-hybridized carbons (Fsp3) is 0.188. The van der Waals surface area contributed by atoms with Gasteiger partial charge in [-0.1, -0.05) is 47.5 Å². The fourth-order valence-corrected chi connectivity index (χ4v) is 4.19. The van der Waals surface area contributed by atoms with Crippen molar-refractivity contribution < 1.29 is 9.18 Å². The summed E-state index contributed by atoms with van der Waals surface area (Å²) in [5, 5.41) is 0.637. The minimum Gasteiger partial charge on any atom is -0.322 e. The van der Waals surface area contributed by atoms with Crippen molar-refractivity contribution in [3.05, 3.63) is 69.5 Å².